The van der Waals surface area contributed by atoms with Crippen LogP contribution < -0.4 is 4.90 Å². The summed E-state index contributed by atoms with van der Waals surface area (Å²) in [5.41, 5.74) is 3.08. The van der Waals surface area contributed by atoms with E-state index in [-0.39, 0.29) is 5.60 Å². The van der Waals surface area contributed by atoms with Gasteiger partial charge in [-0.15, -0.1) is 11.6 Å². The second-order valence-corrected chi connectivity index (χ2v) is 6.23. The van der Waals surface area contributed by atoms with E-state index in [2.05, 4.69) is 35.0 Å². The predicted octanol–water partition coefficient (Wildman–Crippen LogP) is 3.98. The van der Waals surface area contributed by atoms with E-state index < -0.39 is 0 Å². The maximum Gasteiger partial charge on any atom is 0.0825 e. The molecule has 3 rings (SSSR count). The lowest BCUT2D eigenvalue weighted by Crippen LogP contribution is -2.47. The van der Waals surface area contributed by atoms with Gasteiger partial charge in [0.05, 0.1) is 22.7 Å². The van der Waals surface area contributed by atoms with E-state index in [1.165, 1.54) is 11.1 Å². The molecule has 1 saturated heterocycles. The summed E-state index contributed by atoms with van der Waals surface area (Å²) in [7, 11) is 1.80. The summed E-state index contributed by atoms with van der Waals surface area (Å²) < 4.78 is 5.72. The minimum Gasteiger partial charge on any atom is -0.377 e. The Morgan fingerprint density at radius 3 is 2.95 bits per heavy atom. The summed E-state index contributed by atoms with van der Waals surface area (Å²) >= 11 is 6.02. The summed E-state index contributed by atoms with van der Waals surface area (Å²) in [4.78, 5) is 7.03. The highest BCUT2D eigenvalue weighted by Gasteiger charge is 2.31. The lowest BCUT2D eigenvalue weighted by molar-refractivity contribution is -0.00460. The lowest BCUT2D eigenvalue weighted by atomic mass is 9.94. The average molecular weight is 305 g/mol. The van der Waals surface area contributed by atoms with Crippen LogP contribution in [0.25, 0.3) is 10.9 Å². The number of benzene rings is 1. The molecule has 0 bridgehead atoms. The molecule has 1 aliphatic heterocycles. The molecule has 0 aliphatic carbocycles. The number of methoxy groups -OCH3 is 1. The average Bonchev–Trinajstić information content (AvgIpc) is 2.53. The Labute approximate surface area is 130 Å². The van der Waals surface area contributed by atoms with Crippen molar-refractivity contribution in [1.82, 2.24) is 4.98 Å². The molecule has 2 aromatic rings. The molecule has 1 aliphatic rings. The van der Waals surface area contributed by atoms with Crippen molar-refractivity contribution in [2.24, 2.45) is 0 Å². The van der Waals surface area contributed by atoms with Crippen LogP contribution >= 0.6 is 11.6 Å². The first-order valence-electron chi connectivity index (χ1n) is 7.40. The Balaban J connectivity index is 2.06. The Hall–Kier alpha value is -1.32. The summed E-state index contributed by atoms with van der Waals surface area (Å²) in [5.74, 6) is 0.438. The number of fused-ring (bicyclic) bond motifs is 1. The van der Waals surface area contributed by atoms with E-state index in [1.54, 1.807) is 7.11 Å². The molecule has 3 nitrogen and oxygen atoms in total. The smallest absolute Gasteiger partial charge is 0.0825 e. The summed E-state index contributed by atoms with van der Waals surface area (Å²) in [6, 6.07) is 10.4. The second-order valence-electron chi connectivity index (χ2n) is 5.96. The molecule has 0 radical (unpaired) electrons. The third-order valence-corrected chi connectivity index (χ3v) is 4.65. The molecular weight excluding hydrogens is 284 g/mol. The molecule has 0 spiro atoms. The van der Waals surface area contributed by atoms with E-state index in [0.717, 1.165) is 37.1 Å². The van der Waals surface area contributed by atoms with Gasteiger partial charge in [0.1, 0.15) is 0 Å². The first-order valence-corrected chi connectivity index (χ1v) is 7.93. The summed E-state index contributed by atoms with van der Waals surface area (Å²) in [5, 5.41) is 1.19. The van der Waals surface area contributed by atoms with Gasteiger partial charge in [-0.2, -0.15) is 0 Å². The van der Waals surface area contributed by atoms with Gasteiger partial charge in [0, 0.05) is 31.3 Å². The van der Waals surface area contributed by atoms with Gasteiger partial charge in [-0.1, -0.05) is 18.2 Å². The summed E-state index contributed by atoms with van der Waals surface area (Å²) in [6.07, 6.45) is 2.24. The van der Waals surface area contributed by atoms with Crippen molar-refractivity contribution in [3.63, 3.8) is 0 Å². The van der Waals surface area contributed by atoms with Crippen LogP contribution in [-0.4, -0.2) is 30.8 Å². The molecule has 0 saturated carbocycles. The monoisotopic (exact) mass is 304 g/mol. The topological polar surface area (TPSA) is 25.4 Å². The Bertz CT molecular complexity index is 646. The van der Waals surface area contributed by atoms with Crippen LogP contribution in [0.4, 0.5) is 5.69 Å². The largest absolute Gasteiger partial charge is 0.377 e. The zero-order valence-corrected chi connectivity index (χ0v) is 13.4. The van der Waals surface area contributed by atoms with Crippen molar-refractivity contribution in [2.45, 2.75) is 31.2 Å². The van der Waals surface area contributed by atoms with Crippen LogP contribution in [0, 0.1) is 0 Å². The van der Waals surface area contributed by atoms with E-state index >= 15 is 0 Å². The van der Waals surface area contributed by atoms with Crippen molar-refractivity contribution in [3.8, 4) is 0 Å². The number of para-hydroxylation sites is 1. The van der Waals surface area contributed by atoms with Crippen LogP contribution in [0.2, 0.25) is 0 Å². The van der Waals surface area contributed by atoms with Gasteiger partial charge in [-0.3, -0.25) is 4.98 Å². The normalized spacial score (nSPS) is 22.7. The van der Waals surface area contributed by atoms with E-state index in [9.17, 15) is 0 Å². The van der Waals surface area contributed by atoms with Gasteiger partial charge >= 0.3 is 0 Å². The van der Waals surface area contributed by atoms with Gasteiger partial charge in [0.2, 0.25) is 0 Å². The fourth-order valence-corrected chi connectivity index (χ4v) is 3.26. The van der Waals surface area contributed by atoms with Crippen molar-refractivity contribution >= 4 is 28.2 Å². The van der Waals surface area contributed by atoms with Crippen molar-refractivity contribution < 1.29 is 4.74 Å². The number of hydrogen-bond acceptors (Lipinski definition) is 3. The number of aromatic nitrogens is 1. The summed E-state index contributed by atoms with van der Waals surface area (Å²) in [6.45, 7) is 4.14. The van der Waals surface area contributed by atoms with Gasteiger partial charge in [0.25, 0.3) is 0 Å². The molecule has 21 heavy (non-hydrogen) atoms. The molecule has 1 atom stereocenters. The van der Waals surface area contributed by atoms with E-state index in [1.807, 2.05) is 12.1 Å². The van der Waals surface area contributed by atoms with Crippen LogP contribution in [0.5, 0.6) is 0 Å². The Morgan fingerprint density at radius 1 is 1.38 bits per heavy atom. The third kappa shape index (κ3) is 2.85. The Morgan fingerprint density at radius 2 is 2.19 bits per heavy atom. The number of alkyl halides is 1. The zero-order chi connectivity index (χ0) is 14.9. The van der Waals surface area contributed by atoms with Gasteiger partial charge < -0.3 is 9.64 Å². The van der Waals surface area contributed by atoms with Crippen molar-refractivity contribution in [2.75, 3.05) is 25.1 Å². The minimum absolute atomic E-state index is 0.0796. The number of hydrogen-bond donors (Lipinski definition) is 0. The zero-order valence-electron chi connectivity index (χ0n) is 12.6. The fraction of sp³-hybridized carbons (Fsp3) is 0.471. The first-order chi connectivity index (χ1) is 10.1. The molecule has 1 aromatic carbocycles. The second kappa shape index (κ2) is 5.82. The minimum atomic E-state index is -0.0796. The maximum atomic E-state index is 6.02. The van der Waals surface area contributed by atoms with E-state index in [4.69, 9.17) is 16.3 Å². The molecular formula is C17H21ClN2O. The molecule has 0 amide bonds. The molecule has 2 heterocycles. The van der Waals surface area contributed by atoms with Crippen molar-refractivity contribution in [1.29, 1.82) is 0 Å². The highest BCUT2D eigenvalue weighted by molar-refractivity contribution is 6.17. The number of nitrogens with zero attached hydrogens (tertiary/aromatic N) is 2. The van der Waals surface area contributed by atoms with Crippen LogP contribution in [0.1, 0.15) is 25.5 Å². The first kappa shape index (κ1) is 14.6. The number of pyridine rings is 1. The third-order valence-electron chi connectivity index (χ3n) is 4.38. The molecule has 1 fully saturated rings. The molecule has 112 valence electrons. The van der Waals surface area contributed by atoms with Gasteiger partial charge in [0.15, 0.2) is 0 Å². The number of halogens is 1. The molecule has 4 heteroatoms. The predicted molar refractivity (Wildman–Crippen MR) is 88.2 cm³/mol. The maximum absolute atomic E-state index is 6.02. The highest BCUT2D eigenvalue weighted by Crippen LogP contribution is 2.33. The van der Waals surface area contributed by atoms with Crippen LogP contribution in [0.3, 0.4) is 0 Å². The number of anilines is 1. The fourth-order valence-electron chi connectivity index (χ4n) is 3.12. The molecule has 1 unspecified atom stereocenters. The quantitative estimate of drug-likeness (QED) is 0.802. The van der Waals surface area contributed by atoms with Gasteiger partial charge in [-0.05, 0) is 31.9 Å². The lowest BCUT2D eigenvalue weighted by Gasteiger charge is -2.41. The van der Waals surface area contributed by atoms with Crippen LogP contribution in [0.15, 0.2) is 30.3 Å². The van der Waals surface area contributed by atoms with Gasteiger partial charge in [-0.25, -0.2) is 0 Å². The van der Waals surface area contributed by atoms with Crippen LogP contribution in [-0.2, 0) is 10.6 Å². The van der Waals surface area contributed by atoms with E-state index in [0.29, 0.717) is 5.88 Å². The Kier molecular flexibility index (Phi) is 4.05. The standard InChI is InChI=1S/C17H21ClN2O/c1-17(21-2)8-5-9-20(12-17)16-10-13(11-18)19-15-7-4-3-6-14(15)16/h3-4,6-7,10H,5,8-9,11-12H2,1-2H3. The highest BCUT2D eigenvalue weighted by atomic mass is 35.5. The molecule has 1 aromatic heterocycles. The number of ether oxygens (including phenoxy) is 1. The number of piperidine rings is 1. The number of rotatable bonds is 3. The SMILES string of the molecule is COC1(C)CCCN(c2cc(CCl)nc3ccccc23)C1. The molecule has 0 N–H and O–H groups in total. The van der Waals surface area contributed by atoms with Crippen molar-refractivity contribution in [3.05, 3.63) is 36.0 Å².